The van der Waals surface area contributed by atoms with Gasteiger partial charge in [0.2, 0.25) is 0 Å². The van der Waals surface area contributed by atoms with E-state index in [0.717, 1.165) is 18.9 Å². The summed E-state index contributed by atoms with van der Waals surface area (Å²) in [7, 11) is 0. The number of H-pyrrole nitrogens is 1. The second-order valence-corrected chi connectivity index (χ2v) is 5.19. The Bertz CT molecular complexity index is 607. The van der Waals surface area contributed by atoms with Gasteiger partial charge in [-0.2, -0.15) is 0 Å². The monoisotopic (exact) mass is 289 g/mol. The van der Waals surface area contributed by atoms with Crippen molar-refractivity contribution in [1.82, 2.24) is 24.9 Å². The zero-order chi connectivity index (χ0) is 14.8. The van der Waals surface area contributed by atoms with Gasteiger partial charge < -0.3 is 14.4 Å². The number of nitrogens with zero attached hydrogens (tertiary/aromatic N) is 4. The molecule has 0 aromatic carbocycles. The summed E-state index contributed by atoms with van der Waals surface area (Å²) >= 11 is 0. The van der Waals surface area contributed by atoms with Crippen molar-refractivity contribution >= 4 is 5.91 Å². The van der Waals surface area contributed by atoms with E-state index in [2.05, 4.69) is 26.9 Å². The summed E-state index contributed by atoms with van der Waals surface area (Å²) in [5.41, 5.74) is 0.371. The Hall–Kier alpha value is -2.15. The highest BCUT2D eigenvalue weighted by molar-refractivity contribution is 5.92. The molecule has 1 aliphatic heterocycles. The number of nitrogens with one attached hydrogen (secondary N) is 1. The minimum absolute atomic E-state index is 0.0841. The van der Waals surface area contributed by atoms with E-state index >= 15 is 0 Å². The first-order valence-corrected chi connectivity index (χ1v) is 7.15. The maximum absolute atomic E-state index is 12.5. The summed E-state index contributed by atoms with van der Waals surface area (Å²) in [6.45, 7) is 6.95. The van der Waals surface area contributed by atoms with Gasteiger partial charge in [-0.25, -0.2) is 4.98 Å². The largest absolute Gasteiger partial charge is 0.361 e. The first-order valence-electron chi connectivity index (χ1n) is 7.15. The van der Waals surface area contributed by atoms with Crippen LogP contribution in [0.1, 0.15) is 35.0 Å². The quantitative estimate of drug-likeness (QED) is 0.919. The van der Waals surface area contributed by atoms with Gasteiger partial charge >= 0.3 is 0 Å². The van der Waals surface area contributed by atoms with Crippen LogP contribution < -0.4 is 0 Å². The van der Waals surface area contributed by atoms with Crippen LogP contribution in [-0.2, 0) is 0 Å². The van der Waals surface area contributed by atoms with Crippen molar-refractivity contribution in [3.8, 4) is 0 Å². The molecule has 112 valence electrons. The molecule has 0 aliphatic carbocycles. The molecule has 21 heavy (non-hydrogen) atoms. The van der Waals surface area contributed by atoms with Crippen molar-refractivity contribution in [2.24, 2.45) is 0 Å². The fourth-order valence-corrected chi connectivity index (χ4v) is 2.73. The summed E-state index contributed by atoms with van der Waals surface area (Å²) in [6.07, 6.45) is 3.55. The van der Waals surface area contributed by atoms with Crippen molar-refractivity contribution in [3.63, 3.8) is 0 Å². The molecule has 2 aromatic rings. The molecule has 3 rings (SSSR count). The van der Waals surface area contributed by atoms with Gasteiger partial charge in [0.25, 0.3) is 5.91 Å². The summed E-state index contributed by atoms with van der Waals surface area (Å²) in [5, 5.41) is 3.81. The Balaban J connectivity index is 1.78. The number of carbonyl (C=O) groups is 1. The zero-order valence-corrected chi connectivity index (χ0v) is 12.2. The first-order chi connectivity index (χ1) is 10.2. The van der Waals surface area contributed by atoms with Crippen molar-refractivity contribution in [1.29, 1.82) is 0 Å². The number of aryl methyl sites for hydroxylation is 1. The van der Waals surface area contributed by atoms with Crippen LogP contribution in [0.2, 0.25) is 0 Å². The summed E-state index contributed by atoms with van der Waals surface area (Å²) in [6, 6.07) is 1.77. The van der Waals surface area contributed by atoms with Gasteiger partial charge in [-0.15, -0.1) is 0 Å². The zero-order valence-electron chi connectivity index (χ0n) is 12.2. The molecule has 0 bridgehead atoms. The maximum Gasteiger partial charge on any atom is 0.276 e. The van der Waals surface area contributed by atoms with E-state index in [4.69, 9.17) is 4.52 Å². The fourth-order valence-electron chi connectivity index (χ4n) is 2.73. The predicted molar refractivity (Wildman–Crippen MR) is 75.7 cm³/mol. The van der Waals surface area contributed by atoms with Crippen LogP contribution in [-0.4, -0.2) is 57.0 Å². The molecule has 7 heteroatoms. The van der Waals surface area contributed by atoms with Gasteiger partial charge in [-0.05, 0) is 13.5 Å². The number of likely N-dealkylation sites (N-methyl/N-ethyl adjacent to an activating group) is 1. The second-order valence-electron chi connectivity index (χ2n) is 5.19. The lowest BCUT2D eigenvalue weighted by atomic mass is 10.1. The number of hydrogen-bond acceptors (Lipinski definition) is 5. The van der Waals surface area contributed by atoms with Gasteiger partial charge in [-0.1, -0.05) is 12.1 Å². The molecular formula is C14H19N5O2. The average molecular weight is 289 g/mol. The van der Waals surface area contributed by atoms with Gasteiger partial charge in [0.05, 0.1) is 6.04 Å². The Morgan fingerprint density at radius 3 is 3.00 bits per heavy atom. The summed E-state index contributed by atoms with van der Waals surface area (Å²) in [5.74, 6) is 1.46. The van der Waals surface area contributed by atoms with E-state index < -0.39 is 0 Å². The van der Waals surface area contributed by atoms with Crippen LogP contribution in [0.4, 0.5) is 0 Å². The highest BCUT2D eigenvalue weighted by Crippen LogP contribution is 2.23. The molecule has 1 atom stereocenters. The van der Waals surface area contributed by atoms with Crippen molar-refractivity contribution in [3.05, 3.63) is 35.7 Å². The Morgan fingerprint density at radius 2 is 2.38 bits per heavy atom. The molecular weight excluding hydrogens is 270 g/mol. The van der Waals surface area contributed by atoms with E-state index in [1.807, 2.05) is 11.1 Å². The van der Waals surface area contributed by atoms with Gasteiger partial charge in [0.1, 0.15) is 11.6 Å². The number of amides is 1. The number of aromatic nitrogens is 3. The third-order valence-corrected chi connectivity index (χ3v) is 3.87. The van der Waals surface area contributed by atoms with Crippen molar-refractivity contribution in [2.75, 3.05) is 26.2 Å². The molecule has 0 radical (unpaired) electrons. The van der Waals surface area contributed by atoms with E-state index in [9.17, 15) is 4.79 Å². The van der Waals surface area contributed by atoms with Crippen LogP contribution in [0.25, 0.3) is 0 Å². The van der Waals surface area contributed by atoms with Gasteiger partial charge in [-0.3, -0.25) is 9.69 Å². The number of aromatic amines is 1. The minimum atomic E-state index is -0.0841. The molecule has 1 saturated heterocycles. The molecule has 3 heterocycles. The molecule has 7 nitrogen and oxygen atoms in total. The van der Waals surface area contributed by atoms with Crippen molar-refractivity contribution in [2.45, 2.75) is 19.9 Å². The Kier molecular flexibility index (Phi) is 3.74. The first kappa shape index (κ1) is 13.8. The third-order valence-electron chi connectivity index (χ3n) is 3.87. The number of piperazine rings is 1. The van der Waals surface area contributed by atoms with Gasteiger partial charge in [0, 0.05) is 38.1 Å². The highest BCUT2D eigenvalue weighted by atomic mass is 16.5. The Morgan fingerprint density at radius 1 is 1.52 bits per heavy atom. The third kappa shape index (κ3) is 2.69. The topological polar surface area (TPSA) is 78.3 Å². The van der Waals surface area contributed by atoms with E-state index in [-0.39, 0.29) is 11.9 Å². The molecule has 1 fully saturated rings. The van der Waals surface area contributed by atoms with Crippen LogP contribution in [0.15, 0.2) is 23.0 Å². The molecule has 0 saturated carbocycles. The average Bonchev–Trinajstić information content (AvgIpc) is 3.17. The second kappa shape index (κ2) is 5.69. The molecule has 1 N–H and O–H groups in total. The van der Waals surface area contributed by atoms with Crippen LogP contribution >= 0.6 is 0 Å². The molecule has 0 unspecified atom stereocenters. The smallest absolute Gasteiger partial charge is 0.276 e. The lowest BCUT2D eigenvalue weighted by molar-refractivity contribution is 0.0471. The number of imidazole rings is 1. The van der Waals surface area contributed by atoms with Gasteiger partial charge in [0.15, 0.2) is 5.69 Å². The van der Waals surface area contributed by atoms with Crippen molar-refractivity contribution < 1.29 is 9.32 Å². The SMILES string of the molecule is CCN1CCN(C(=O)c2cc(C)on2)C[C@@H]1c1ncc[nH]1. The van der Waals surface area contributed by atoms with Crippen LogP contribution in [0, 0.1) is 6.92 Å². The van der Waals surface area contributed by atoms with Crippen LogP contribution in [0.3, 0.4) is 0 Å². The fraction of sp³-hybridized carbons (Fsp3) is 0.500. The standard InChI is InChI=1S/C14H19N5O2/c1-3-18-6-7-19(9-12(18)13-15-4-5-16-13)14(20)11-8-10(2)21-17-11/h4-5,8,12H,3,6-7,9H2,1-2H3,(H,15,16)/t12-/m1/s1. The van der Waals surface area contributed by atoms with E-state index in [1.54, 1.807) is 19.2 Å². The molecule has 0 spiro atoms. The number of rotatable bonds is 3. The highest BCUT2D eigenvalue weighted by Gasteiger charge is 2.32. The predicted octanol–water partition coefficient (Wildman–Crippen LogP) is 1.23. The molecule has 1 amide bonds. The normalized spacial score (nSPS) is 19.9. The summed E-state index contributed by atoms with van der Waals surface area (Å²) in [4.78, 5) is 24.1. The molecule has 1 aliphatic rings. The number of hydrogen-bond donors (Lipinski definition) is 1. The lowest BCUT2D eigenvalue weighted by Gasteiger charge is -2.39. The Labute approximate surface area is 122 Å². The summed E-state index contributed by atoms with van der Waals surface area (Å²) < 4.78 is 4.99. The van der Waals surface area contributed by atoms with E-state index in [1.165, 1.54) is 0 Å². The maximum atomic E-state index is 12.5. The molecule has 2 aromatic heterocycles. The van der Waals surface area contributed by atoms with Crippen LogP contribution in [0.5, 0.6) is 0 Å². The van der Waals surface area contributed by atoms with E-state index in [0.29, 0.717) is 24.5 Å². The minimum Gasteiger partial charge on any atom is -0.361 e. The lowest BCUT2D eigenvalue weighted by Crippen LogP contribution is -2.50. The number of carbonyl (C=O) groups excluding carboxylic acids is 1.